The first kappa shape index (κ1) is 13.2. The molecule has 100 valence electrons. The number of halogens is 2. The van der Waals surface area contributed by atoms with Gasteiger partial charge in [-0.1, -0.05) is 30.3 Å². The molecule has 0 aliphatic heterocycles. The molecule has 2 N–H and O–H groups in total. The van der Waals surface area contributed by atoms with Gasteiger partial charge in [-0.3, -0.25) is 4.98 Å². The average Bonchev–Trinajstić information content (AvgIpc) is 2.49. The molecule has 0 fully saturated rings. The van der Waals surface area contributed by atoms with Crippen LogP contribution >= 0.6 is 15.9 Å². The van der Waals surface area contributed by atoms with Crippen molar-refractivity contribution in [3.05, 3.63) is 76.3 Å². The highest BCUT2D eigenvalue weighted by atomic mass is 79.9. The molecule has 2 nitrogen and oxygen atoms in total. The number of fused-ring (bicyclic) bond motifs is 1. The molecule has 0 radical (unpaired) electrons. The van der Waals surface area contributed by atoms with Gasteiger partial charge in [0.2, 0.25) is 0 Å². The van der Waals surface area contributed by atoms with Crippen LogP contribution in [0.5, 0.6) is 0 Å². The third-order valence-corrected chi connectivity index (χ3v) is 3.98. The maximum absolute atomic E-state index is 14.2. The number of rotatable bonds is 2. The Hall–Kier alpha value is -1.78. The Bertz CT molecular complexity index is 768. The summed E-state index contributed by atoms with van der Waals surface area (Å²) in [5, 5.41) is 1.99. The number of nitrogens with zero attached hydrogens (tertiary/aromatic N) is 1. The molecule has 2 aromatic carbocycles. The number of nitrogens with two attached hydrogens (primary N) is 1. The maximum Gasteiger partial charge on any atom is 0.142 e. The summed E-state index contributed by atoms with van der Waals surface area (Å²) >= 11 is 3.19. The minimum Gasteiger partial charge on any atom is -0.320 e. The van der Waals surface area contributed by atoms with E-state index in [0.29, 0.717) is 10.0 Å². The Morgan fingerprint density at radius 1 is 1.05 bits per heavy atom. The van der Waals surface area contributed by atoms with E-state index in [-0.39, 0.29) is 5.82 Å². The van der Waals surface area contributed by atoms with Gasteiger partial charge in [-0.2, -0.15) is 0 Å². The Kier molecular flexibility index (Phi) is 3.51. The summed E-state index contributed by atoms with van der Waals surface area (Å²) in [5.41, 5.74) is 7.60. The van der Waals surface area contributed by atoms with Crippen LogP contribution in [0.4, 0.5) is 4.39 Å². The third kappa shape index (κ3) is 2.21. The molecule has 0 bridgehead atoms. The van der Waals surface area contributed by atoms with Crippen LogP contribution < -0.4 is 5.73 Å². The zero-order valence-corrected chi connectivity index (χ0v) is 12.1. The second-order valence-corrected chi connectivity index (χ2v) is 5.42. The quantitative estimate of drug-likeness (QED) is 0.765. The van der Waals surface area contributed by atoms with E-state index in [1.54, 1.807) is 30.6 Å². The fraction of sp³-hybridized carbons (Fsp3) is 0.0625. The van der Waals surface area contributed by atoms with Gasteiger partial charge in [-0.25, -0.2) is 4.39 Å². The Labute approximate surface area is 124 Å². The van der Waals surface area contributed by atoms with Gasteiger partial charge in [0.05, 0.1) is 10.5 Å². The summed E-state index contributed by atoms with van der Waals surface area (Å²) in [4.78, 5) is 4.13. The van der Waals surface area contributed by atoms with E-state index in [4.69, 9.17) is 5.73 Å². The van der Waals surface area contributed by atoms with E-state index < -0.39 is 6.04 Å². The SMILES string of the molecule is NC(c1cccc(Br)c1F)c1cccc2ccncc12. The summed E-state index contributed by atoms with van der Waals surface area (Å²) in [6, 6.07) is 12.4. The molecule has 0 amide bonds. The molecule has 1 heterocycles. The van der Waals surface area contributed by atoms with Crippen molar-refractivity contribution in [3.63, 3.8) is 0 Å². The number of pyridine rings is 1. The monoisotopic (exact) mass is 330 g/mol. The smallest absolute Gasteiger partial charge is 0.142 e. The minimum absolute atomic E-state index is 0.319. The van der Waals surface area contributed by atoms with Crippen molar-refractivity contribution in [2.75, 3.05) is 0 Å². The molecule has 1 unspecified atom stereocenters. The lowest BCUT2D eigenvalue weighted by molar-refractivity contribution is 0.594. The second-order valence-electron chi connectivity index (χ2n) is 4.56. The molecule has 0 saturated heterocycles. The van der Waals surface area contributed by atoms with Crippen LogP contribution in [0.2, 0.25) is 0 Å². The lowest BCUT2D eigenvalue weighted by Crippen LogP contribution is -2.14. The first-order valence-corrected chi connectivity index (χ1v) is 7.00. The zero-order valence-electron chi connectivity index (χ0n) is 10.6. The molecule has 0 aliphatic carbocycles. The Morgan fingerprint density at radius 3 is 2.65 bits per heavy atom. The van der Waals surface area contributed by atoms with Crippen molar-refractivity contribution in [3.8, 4) is 0 Å². The number of benzene rings is 2. The van der Waals surface area contributed by atoms with Crippen LogP contribution in [-0.4, -0.2) is 4.98 Å². The fourth-order valence-corrected chi connectivity index (χ4v) is 2.72. The van der Waals surface area contributed by atoms with Crippen LogP contribution in [0.25, 0.3) is 10.8 Å². The fourth-order valence-electron chi connectivity index (χ4n) is 2.34. The highest BCUT2D eigenvalue weighted by Gasteiger charge is 2.17. The first-order chi connectivity index (χ1) is 9.68. The van der Waals surface area contributed by atoms with Crippen LogP contribution in [-0.2, 0) is 0 Å². The van der Waals surface area contributed by atoms with Gasteiger partial charge < -0.3 is 5.73 Å². The topological polar surface area (TPSA) is 38.9 Å². The van der Waals surface area contributed by atoms with E-state index >= 15 is 0 Å². The van der Waals surface area contributed by atoms with Gasteiger partial charge in [0.25, 0.3) is 0 Å². The molecular weight excluding hydrogens is 319 g/mol. The molecule has 3 aromatic rings. The average molecular weight is 331 g/mol. The third-order valence-electron chi connectivity index (χ3n) is 3.37. The summed E-state index contributed by atoms with van der Waals surface area (Å²) in [7, 11) is 0. The number of hydrogen-bond acceptors (Lipinski definition) is 2. The van der Waals surface area contributed by atoms with Crippen LogP contribution in [0, 0.1) is 5.82 Å². The van der Waals surface area contributed by atoms with Gasteiger partial charge in [-0.05, 0) is 39.0 Å². The summed E-state index contributed by atoms with van der Waals surface area (Å²) in [5.74, 6) is -0.319. The summed E-state index contributed by atoms with van der Waals surface area (Å²) < 4.78 is 14.6. The lowest BCUT2D eigenvalue weighted by Gasteiger charge is -2.16. The normalized spacial score (nSPS) is 12.6. The van der Waals surface area contributed by atoms with Gasteiger partial charge in [0.1, 0.15) is 5.82 Å². The molecular formula is C16H12BrFN2. The number of aromatic nitrogens is 1. The van der Waals surface area contributed by atoms with E-state index in [1.165, 1.54) is 0 Å². The van der Waals surface area contributed by atoms with Crippen molar-refractivity contribution in [2.45, 2.75) is 6.04 Å². The lowest BCUT2D eigenvalue weighted by atomic mass is 9.95. The van der Waals surface area contributed by atoms with Crippen LogP contribution in [0.15, 0.2) is 59.3 Å². The maximum atomic E-state index is 14.2. The molecule has 20 heavy (non-hydrogen) atoms. The van der Waals surface area contributed by atoms with E-state index in [2.05, 4.69) is 20.9 Å². The Morgan fingerprint density at radius 2 is 1.80 bits per heavy atom. The molecule has 0 aliphatic rings. The first-order valence-electron chi connectivity index (χ1n) is 6.20. The van der Waals surface area contributed by atoms with Crippen molar-refractivity contribution in [1.29, 1.82) is 0 Å². The zero-order chi connectivity index (χ0) is 14.1. The van der Waals surface area contributed by atoms with Gasteiger partial charge >= 0.3 is 0 Å². The summed E-state index contributed by atoms with van der Waals surface area (Å²) in [6.07, 6.45) is 3.50. The molecule has 1 aromatic heterocycles. The summed E-state index contributed by atoms with van der Waals surface area (Å²) in [6.45, 7) is 0. The Balaban J connectivity index is 2.18. The van der Waals surface area contributed by atoms with Crippen molar-refractivity contribution in [1.82, 2.24) is 4.98 Å². The van der Waals surface area contributed by atoms with Crippen LogP contribution in [0.3, 0.4) is 0 Å². The van der Waals surface area contributed by atoms with Crippen molar-refractivity contribution >= 4 is 26.7 Å². The molecule has 0 saturated carbocycles. The minimum atomic E-state index is -0.527. The van der Waals surface area contributed by atoms with Crippen LogP contribution in [0.1, 0.15) is 17.2 Å². The van der Waals surface area contributed by atoms with Gasteiger partial charge in [-0.15, -0.1) is 0 Å². The highest BCUT2D eigenvalue weighted by molar-refractivity contribution is 9.10. The predicted octanol–water partition coefficient (Wildman–Crippen LogP) is 4.18. The number of hydrogen-bond donors (Lipinski definition) is 1. The second kappa shape index (κ2) is 5.31. The largest absolute Gasteiger partial charge is 0.320 e. The van der Waals surface area contributed by atoms with Gasteiger partial charge in [0, 0.05) is 23.3 Å². The van der Waals surface area contributed by atoms with Gasteiger partial charge in [0.15, 0.2) is 0 Å². The van der Waals surface area contributed by atoms with E-state index in [1.807, 2.05) is 24.3 Å². The molecule has 3 rings (SSSR count). The highest BCUT2D eigenvalue weighted by Crippen LogP contribution is 2.30. The predicted molar refractivity (Wildman–Crippen MR) is 81.9 cm³/mol. The molecule has 1 atom stereocenters. The molecule has 4 heteroatoms. The van der Waals surface area contributed by atoms with Crippen molar-refractivity contribution in [2.24, 2.45) is 5.73 Å². The van der Waals surface area contributed by atoms with E-state index in [9.17, 15) is 4.39 Å². The van der Waals surface area contributed by atoms with Crippen molar-refractivity contribution < 1.29 is 4.39 Å². The standard InChI is InChI=1S/C16H12BrFN2/c17-14-6-2-5-12(15(14)18)16(19)11-4-1-3-10-7-8-20-9-13(10)11/h1-9,16H,19H2. The van der Waals surface area contributed by atoms with E-state index in [0.717, 1.165) is 16.3 Å². The molecule has 0 spiro atoms.